The molecule has 1 amide bonds. The number of fused-ring (bicyclic) bond motifs is 6. The standard InChI is InChI=1S/C26H20N.C25H17N.C17H13NO.C10H7Br.C9H12N2O2.C8H8O.C4H8O.CH4.ClHO4.H4P2/c1-27-25-17-8-7-15-23(25)24(18-26(27)20-11-3-2-4-12-20)22-16-9-13-19-10-5-6-14-21(19)22;1-2-10-19(11-3-1)25-17-23(22-14-6-7-16-24(22)26-25)21-15-8-12-18-9-4-5-13-20(18)21;18-16-11-4-3-9-15(16)17(19)14-10-5-7-12-6-1-2-8-13(12)14;11-10-7-3-5-8-4-1-2-6-9(8)10;1-11(13-2)9(12)7-5-3-4-6-8(7)10;1-7(9)8-5-3-2-4-6-8;1-2-4-5-3-1;;2-1(3,4)5;1-2/h2-18H,1H3;1-17H;1-11H,18H2;1-7H;3-6H,10H2,1-2H3;2-6H,1H3;1-4H2;1H4;(H,2,3,4,5);1-2H2/q+1;;;;;;;;;/p-1/i;;;;;;;;;1D. The third-order valence-corrected chi connectivity index (χ3v) is 19.6. The fourth-order valence-electron chi connectivity index (χ4n) is 13.2. The molecule has 1 fully saturated rings. The molecule has 17 aromatic rings. The normalized spacial score (nSPS) is 11.2. The van der Waals surface area contributed by atoms with E-state index in [-0.39, 0.29) is 33.8 Å². The van der Waals surface area contributed by atoms with Gasteiger partial charge in [0.25, 0.3) is 5.91 Å². The van der Waals surface area contributed by atoms with Crippen LogP contribution in [0.2, 0.25) is 0 Å². The Labute approximate surface area is 706 Å². The van der Waals surface area contributed by atoms with Gasteiger partial charge in [-0.1, -0.05) is 321 Å². The second-order valence-electron chi connectivity index (χ2n) is 26.5. The fraction of sp³-hybridized carbons (Fsp3) is 0.0900. The molecule has 0 saturated carbocycles. The number of ether oxygens (including phenoxy) is 1. The number of carbonyl (C=O) groups excluding carboxylic acids is 3. The summed E-state index contributed by atoms with van der Waals surface area (Å²) in [5.74, 6) is -0.161. The number of aryl methyl sites for hydroxylation is 1. The summed E-state index contributed by atoms with van der Waals surface area (Å²) >= 11 is 3.50. The van der Waals surface area contributed by atoms with Crippen LogP contribution in [0.25, 0.3) is 110 Å². The summed E-state index contributed by atoms with van der Waals surface area (Å²) in [6, 6.07) is 124. The number of hydrogen-bond acceptors (Lipinski definition) is 12. The molecule has 1 aliphatic heterocycles. The topological polar surface area (TPSA) is 234 Å². The molecule has 1 saturated heterocycles. The number of carbonyl (C=O) groups is 3. The predicted octanol–water partition coefficient (Wildman–Crippen LogP) is 20.2. The quantitative estimate of drug-likeness (QED) is 0.0451. The highest BCUT2D eigenvalue weighted by Crippen LogP contribution is 2.38. The average molecular weight is 1690 g/mol. The van der Waals surface area contributed by atoms with E-state index in [1.165, 1.54) is 109 Å². The number of Topliss-reactive ketones (excluding diaryl/α,β-unsaturated/α-hetero) is 1. The van der Waals surface area contributed by atoms with Gasteiger partial charge in [0.1, 0.15) is 7.05 Å². The lowest BCUT2D eigenvalue weighted by Gasteiger charge is -2.17. The number of para-hydroxylation sites is 4. The number of amides is 1. The minimum Gasteiger partial charge on any atom is -0.398 e. The summed E-state index contributed by atoms with van der Waals surface area (Å²) < 4.78 is 48.6. The van der Waals surface area contributed by atoms with Gasteiger partial charge in [0.05, 0.1) is 30.5 Å². The van der Waals surface area contributed by atoms with E-state index >= 15 is 0 Å². The summed E-state index contributed by atoms with van der Waals surface area (Å²) in [4.78, 5) is 44.4. The number of benzene rings is 15. The predicted molar refractivity (Wildman–Crippen MR) is 486 cm³/mol. The second-order valence-corrected chi connectivity index (χ2v) is 28.1. The molecule has 18 rings (SSSR count). The highest BCUT2D eigenvalue weighted by Gasteiger charge is 2.21. The van der Waals surface area contributed by atoms with Gasteiger partial charge in [-0.3, -0.25) is 19.2 Å². The SMILES string of the molecule is Brc1cccc2ccccc12.C.C1CCOC1.CC(=O)c1ccccc1.CON(C)C(=O)c1ccccc1N.C[n+]1c(-c2ccccc2)cc(-c2cccc3ccccc23)c2ccccc21.Nc1ccccc1C(=O)c1cccc2ccccc12.[2H]PP.[O-][Cl+3]([O-])([O-])[O-].c1ccc(-c2cc(-c3cccc4ccccc34)c3ccccc3n2)cc1. The van der Waals surface area contributed by atoms with Crippen molar-refractivity contribution in [2.75, 3.05) is 38.8 Å². The Morgan fingerprint density at radius 3 is 1.34 bits per heavy atom. The van der Waals surface area contributed by atoms with Crippen molar-refractivity contribution < 1.29 is 57.4 Å². The van der Waals surface area contributed by atoms with Crippen LogP contribution in [0.15, 0.2) is 375 Å². The lowest BCUT2D eigenvalue weighted by Crippen LogP contribution is -2.68. The minimum absolute atomic E-state index is 0. The number of rotatable bonds is 9. The number of ketones is 2. The zero-order valence-corrected chi connectivity index (χ0v) is 69.5. The number of hydrogen-bond donors (Lipinski definition) is 2. The van der Waals surface area contributed by atoms with E-state index in [0.29, 0.717) is 28.1 Å². The largest absolute Gasteiger partial charge is 0.398 e. The van der Waals surface area contributed by atoms with Gasteiger partial charge in [-0.25, -0.2) is 28.7 Å². The van der Waals surface area contributed by atoms with Crippen LogP contribution >= 0.6 is 33.7 Å². The second kappa shape index (κ2) is 45.5. The van der Waals surface area contributed by atoms with Crippen molar-refractivity contribution in [3.63, 3.8) is 0 Å². The first-order chi connectivity index (χ1) is 57.3. The van der Waals surface area contributed by atoms with Crippen molar-refractivity contribution in [3.05, 3.63) is 397 Å². The maximum Gasteiger partial charge on any atom is 0.279 e. The minimum atomic E-state index is -4.94. The van der Waals surface area contributed by atoms with Crippen LogP contribution in [-0.4, -0.2) is 56.2 Å². The van der Waals surface area contributed by atoms with Crippen LogP contribution < -0.4 is 34.7 Å². The highest BCUT2D eigenvalue weighted by atomic mass is 79.9. The summed E-state index contributed by atoms with van der Waals surface area (Å²) in [5, 5.41) is 13.2. The first-order valence-electron chi connectivity index (χ1n) is 37.9. The Balaban J connectivity index is 0.000000163. The molecule has 2 unspecified atom stereocenters. The van der Waals surface area contributed by atoms with E-state index in [0.717, 1.165) is 55.9 Å². The summed E-state index contributed by atoms with van der Waals surface area (Å²) in [7, 11) is 2.69. The van der Waals surface area contributed by atoms with Crippen LogP contribution in [0.3, 0.4) is 0 Å². The lowest BCUT2D eigenvalue weighted by molar-refractivity contribution is -2.00. The number of nitrogen functional groups attached to an aromatic ring is 2. The van der Waals surface area contributed by atoms with Crippen LogP contribution in [0.4, 0.5) is 11.4 Å². The van der Waals surface area contributed by atoms with Gasteiger partial charge >= 0.3 is 0 Å². The third-order valence-electron chi connectivity index (χ3n) is 18.9. The molecule has 14 nitrogen and oxygen atoms in total. The number of aromatic nitrogens is 2. The molecule has 15 aromatic carbocycles. The number of anilines is 2. The Morgan fingerprint density at radius 2 is 0.847 bits per heavy atom. The van der Waals surface area contributed by atoms with E-state index in [2.05, 4.69) is 267 Å². The fourth-order valence-corrected chi connectivity index (χ4v) is 13.7. The molecule has 3 heterocycles. The molecule has 0 aliphatic carbocycles. The molecule has 118 heavy (non-hydrogen) atoms. The summed E-state index contributed by atoms with van der Waals surface area (Å²) in [6.45, 7) is 3.56. The van der Waals surface area contributed by atoms with Crippen molar-refractivity contribution in [2.45, 2.75) is 27.2 Å². The van der Waals surface area contributed by atoms with Gasteiger partial charge in [0.15, 0.2) is 11.6 Å². The van der Waals surface area contributed by atoms with E-state index in [4.69, 9.17) is 45.9 Å². The van der Waals surface area contributed by atoms with Crippen molar-refractivity contribution in [2.24, 2.45) is 7.05 Å². The van der Waals surface area contributed by atoms with E-state index < -0.39 is 10.2 Å². The number of hydroxylamine groups is 2. The zero-order valence-electron chi connectivity index (χ0n) is 66.1. The molecule has 2 aromatic heterocycles. The monoisotopic (exact) mass is 1680 g/mol. The number of nitrogens with zero attached hydrogens (tertiary/aromatic N) is 3. The molecule has 18 heteroatoms. The van der Waals surface area contributed by atoms with Crippen LogP contribution in [-0.2, 0) is 16.6 Å². The lowest BCUT2D eigenvalue weighted by atomic mass is 9.94. The van der Waals surface area contributed by atoms with Gasteiger partial charge in [0.2, 0.25) is 11.2 Å². The Morgan fingerprint density at radius 1 is 0.466 bits per heavy atom. The van der Waals surface area contributed by atoms with Crippen molar-refractivity contribution in [3.8, 4) is 44.8 Å². The first kappa shape index (κ1) is 88.3. The van der Waals surface area contributed by atoms with Crippen LogP contribution in [0, 0.1) is 10.2 Å². The Kier molecular flexibility index (Phi) is 34.0. The molecule has 2 atom stereocenters. The molecule has 0 radical (unpaired) electrons. The maximum absolute atomic E-state index is 12.6. The van der Waals surface area contributed by atoms with E-state index in [9.17, 15) is 14.4 Å². The molecule has 0 bridgehead atoms. The van der Waals surface area contributed by atoms with Gasteiger partial charge in [-0.05, 0) is 140 Å². The average Bonchev–Trinajstić information content (AvgIpc) is 1.00. The van der Waals surface area contributed by atoms with Crippen molar-refractivity contribution >= 4 is 127 Å². The zero-order chi connectivity index (χ0) is 83.8. The van der Waals surface area contributed by atoms with Gasteiger partial charge in [-0.15, -0.1) is 28.0 Å². The molecular formula is C100H93BrClN5O9P2. The summed E-state index contributed by atoms with van der Waals surface area (Å²) in [5.41, 5.74) is 26.8. The smallest absolute Gasteiger partial charge is 0.279 e. The molecule has 4 N–H and O–H groups in total. The number of nitrogens with two attached hydrogens (primary N) is 2. The maximum atomic E-state index is 12.6. The first-order valence-corrected chi connectivity index (χ1v) is 41.8. The summed E-state index contributed by atoms with van der Waals surface area (Å²) in [6.07, 6.45) is 2.56. The van der Waals surface area contributed by atoms with Gasteiger partial charge < -0.3 is 16.2 Å². The van der Waals surface area contributed by atoms with Crippen LogP contribution in [0.5, 0.6) is 0 Å². The number of pyridine rings is 2. The molecule has 0 spiro atoms. The third kappa shape index (κ3) is 24.8. The highest BCUT2D eigenvalue weighted by molar-refractivity contribution is 9.10. The molecular weight excluding hydrogens is 1590 g/mol. The molecule has 1 aliphatic rings. The van der Waals surface area contributed by atoms with Gasteiger partial charge in [0, 0.05) is 87.0 Å². The van der Waals surface area contributed by atoms with Gasteiger partial charge in [-0.2, -0.15) is 4.57 Å². The molecule has 596 valence electrons. The Bertz CT molecular complexity index is 6140. The number of halogens is 2. The van der Waals surface area contributed by atoms with Crippen molar-refractivity contribution in [1.29, 1.82) is 1.28 Å². The van der Waals surface area contributed by atoms with E-state index in [1.807, 2.05) is 103 Å². The Hall–Kier alpha value is -12.0. The van der Waals surface area contributed by atoms with E-state index in [1.54, 1.807) is 43.3 Å². The van der Waals surface area contributed by atoms with Crippen LogP contribution in [0.1, 0.15) is 63.8 Å². The van der Waals surface area contributed by atoms with Crippen molar-refractivity contribution in [1.82, 2.24) is 10.0 Å².